The molecule has 0 aromatic carbocycles. The van der Waals surface area contributed by atoms with Gasteiger partial charge in [-0.05, 0) is 18.8 Å². The molecule has 2 fully saturated rings. The Hall–Kier alpha value is 0.310. The van der Waals surface area contributed by atoms with E-state index >= 15 is 0 Å². The highest BCUT2D eigenvalue weighted by atomic mass is 127. The molecular weight excluding hydrogens is 359 g/mol. The van der Waals surface area contributed by atoms with Gasteiger partial charge in [0.25, 0.3) is 0 Å². The minimum absolute atomic E-state index is 0. The van der Waals surface area contributed by atoms with Crippen LogP contribution < -0.4 is 11.1 Å². The topological polar surface area (TPSA) is 53.6 Å². The molecule has 1 saturated carbocycles. The van der Waals surface area contributed by atoms with E-state index in [0.29, 0.717) is 5.96 Å². The summed E-state index contributed by atoms with van der Waals surface area (Å²) in [5.41, 5.74) is 5.83. The van der Waals surface area contributed by atoms with Crippen molar-refractivity contribution in [3.63, 3.8) is 0 Å². The van der Waals surface area contributed by atoms with Gasteiger partial charge in [-0.15, -0.1) is 24.0 Å². The molecule has 18 heavy (non-hydrogen) atoms. The molecule has 0 atom stereocenters. The summed E-state index contributed by atoms with van der Waals surface area (Å²) in [6.07, 6.45) is 4.05. The predicted molar refractivity (Wildman–Crippen MR) is 91.0 cm³/mol. The van der Waals surface area contributed by atoms with E-state index in [0.717, 1.165) is 25.6 Å². The van der Waals surface area contributed by atoms with Gasteiger partial charge in [-0.2, -0.15) is 11.8 Å². The summed E-state index contributed by atoms with van der Waals surface area (Å²) < 4.78 is 0. The maximum Gasteiger partial charge on any atom is 0.188 e. The van der Waals surface area contributed by atoms with Crippen LogP contribution in [0.1, 0.15) is 19.3 Å². The summed E-state index contributed by atoms with van der Waals surface area (Å²) in [6, 6.07) is 0. The molecule has 0 amide bonds. The van der Waals surface area contributed by atoms with Gasteiger partial charge in [0, 0.05) is 44.2 Å². The van der Waals surface area contributed by atoms with Gasteiger partial charge < -0.3 is 11.1 Å². The van der Waals surface area contributed by atoms with E-state index in [1.165, 1.54) is 43.9 Å². The highest BCUT2D eigenvalue weighted by Gasteiger charge is 2.16. The first-order chi connectivity index (χ1) is 8.34. The molecule has 2 aliphatic rings. The fourth-order valence-corrected chi connectivity index (χ4v) is 3.10. The Kier molecular flexibility index (Phi) is 8.41. The summed E-state index contributed by atoms with van der Waals surface area (Å²) in [6.45, 7) is 5.35. The van der Waals surface area contributed by atoms with Gasteiger partial charge in [-0.3, -0.25) is 9.89 Å². The second-order valence-electron chi connectivity index (χ2n) is 4.90. The number of nitrogens with one attached hydrogen (secondary N) is 1. The van der Waals surface area contributed by atoms with Crippen molar-refractivity contribution in [3.05, 3.63) is 0 Å². The third kappa shape index (κ3) is 5.97. The van der Waals surface area contributed by atoms with E-state index < -0.39 is 0 Å². The van der Waals surface area contributed by atoms with Crippen LogP contribution >= 0.6 is 35.7 Å². The molecule has 4 nitrogen and oxygen atoms in total. The molecule has 0 aromatic rings. The quantitative estimate of drug-likeness (QED) is 0.427. The first kappa shape index (κ1) is 16.4. The number of hydrogen-bond acceptors (Lipinski definition) is 3. The lowest BCUT2D eigenvalue weighted by Gasteiger charge is -2.26. The lowest BCUT2D eigenvalue weighted by Crippen LogP contribution is -2.41. The zero-order valence-electron chi connectivity index (χ0n) is 10.9. The van der Waals surface area contributed by atoms with Crippen molar-refractivity contribution in [3.8, 4) is 0 Å². The number of hydrogen-bond donors (Lipinski definition) is 2. The normalized spacial score (nSPS) is 22.1. The molecule has 1 saturated heterocycles. The predicted octanol–water partition coefficient (Wildman–Crippen LogP) is 1.36. The second kappa shape index (κ2) is 9.25. The van der Waals surface area contributed by atoms with Crippen molar-refractivity contribution in [2.24, 2.45) is 16.6 Å². The Morgan fingerprint density at radius 2 is 2.06 bits per heavy atom. The minimum Gasteiger partial charge on any atom is -0.370 e. The standard InChI is InChI=1S/C12H24N4S.HI/c13-12(15-10-11-2-1-3-11)14-4-5-16-6-8-17-9-7-16;/h11H,1-10H2,(H3,13,14,15);1H. The number of nitrogens with zero attached hydrogens (tertiary/aromatic N) is 2. The summed E-state index contributed by atoms with van der Waals surface area (Å²) in [5.74, 6) is 3.97. The monoisotopic (exact) mass is 384 g/mol. The van der Waals surface area contributed by atoms with Crippen LogP contribution in [0.3, 0.4) is 0 Å². The molecule has 0 radical (unpaired) electrons. The first-order valence-corrected chi connectivity index (χ1v) is 7.84. The number of rotatable bonds is 5. The highest BCUT2D eigenvalue weighted by Crippen LogP contribution is 2.26. The molecular formula is C12H25IN4S. The Bertz CT molecular complexity index is 252. The minimum atomic E-state index is 0. The smallest absolute Gasteiger partial charge is 0.188 e. The molecule has 3 N–H and O–H groups in total. The van der Waals surface area contributed by atoms with Crippen molar-refractivity contribution in [2.75, 3.05) is 44.2 Å². The fraction of sp³-hybridized carbons (Fsp3) is 0.917. The van der Waals surface area contributed by atoms with Crippen LogP contribution in [0.25, 0.3) is 0 Å². The van der Waals surface area contributed by atoms with Gasteiger partial charge in [-0.1, -0.05) is 6.42 Å². The molecule has 2 rings (SSSR count). The average molecular weight is 384 g/mol. The van der Waals surface area contributed by atoms with Crippen molar-refractivity contribution in [1.82, 2.24) is 10.2 Å². The molecule has 0 unspecified atom stereocenters. The molecule has 0 aromatic heterocycles. The molecule has 1 aliphatic carbocycles. The molecule has 0 bridgehead atoms. The van der Waals surface area contributed by atoms with Crippen LogP contribution in [-0.2, 0) is 0 Å². The molecule has 6 heteroatoms. The van der Waals surface area contributed by atoms with E-state index in [4.69, 9.17) is 5.73 Å². The summed E-state index contributed by atoms with van der Waals surface area (Å²) >= 11 is 2.05. The lowest BCUT2D eigenvalue weighted by atomic mass is 9.86. The summed E-state index contributed by atoms with van der Waals surface area (Å²) in [7, 11) is 0. The lowest BCUT2D eigenvalue weighted by molar-refractivity contribution is 0.306. The number of aliphatic imine (C=N–C) groups is 1. The van der Waals surface area contributed by atoms with Crippen LogP contribution in [0.5, 0.6) is 0 Å². The van der Waals surface area contributed by atoms with E-state index in [9.17, 15) is 0 Å². The van der Waals surface area contributed by atoms with Gasteiger partial charge in [0.1, 0.15) is 0 Å². The second-order valence-corrected chi connectivity index (χ2v) is 6.13. The van der Waals surface area contributed by atoms with Crippen LogP contribution in [-0.4, -0.2) is 55.1 Å². The molecule has 1 heterocycles. The van der Waals surface area contributed by atoms with Crippen molar-refractivity contribution >= 4 is 41.7 Å². The maximum atomic E-state index is 5.83. The average Bonchev–Trinajstić information content (AvgIpc) is 2.28. The van der Waals surface area contributed by atoms with E-state index in [1.807, 2.05) is 11.8 Å². The van der Waals surface area contributed by atoms with Gasteiger partial charge in [-0.25, -0.2) is 0 Å². The van der Waals surface area contributed by atoms with E-state index in [2.05, 4.69) is 15.2 Å². The van der Waals surface area contributed by atoms with Crippen LogP contribution in [0.15, 0.2) is 4.99 Å². The highest BCUT2D eigenvalue weighted by molar-refractivity contribution is 14.0. The third-order valence-corrected chi connectivity index (χ3v) is 4.52. The largest absolute Gasteiger partial charge is 0.370 e. The Morgan fingerprint density at radius 1 is 1.33 bits per heavy atom. The number of nitrogens with two attached hydrogens (primary N) is 1. The number of halogens is 1. The zero-order chi connectivity index (χ0) is 11.9. The zero-order valence-corrected chi connectivity index (χ0v) is 14.1. The van der Waals surface area contributed by atoms with Gasteiger partial charge >= 0.3 is 0 Å². The van der Waals surface area contributed by atoms with Gasteiger partial charge in [0.15, 0.2) is 5.96 Å². The van der Waals surface area contributed by atoms with Gasteiger partial charge in [0.2, 0.25) is 0 Å². The SMILES string of the molecule is I.NC(=NCC1CCC1)NCCN1CCSCC1. The third-order valence-electron chi connectivity index (χ3n) is 3.58. The fourth-order valence-electron chi connectivity index (χ4n) is 2.13. The van der Waals surface area contributed by atoms with E-state index in [1.54, 1.807) is 0 Å². The summed E-state index contributed by atoms with van der Waals surface area (Å²) in [5, 5.41) is 3.21. The first-order valence-electron chi connectivity index (χ1n) is 6.68. The van der Waals surface area contributed by atoms with Crippen molar-refractivity contribution < 1.29 is 0 Å². The maximum absolute atomic E-state index is 5.83. The molecule has 106 valence electrons. The Labute approximate surface area is 132 Å². The Balaban J connectivity index is 0.00000162. The molecule has 1 aliphatic heterocycles. The van der Waals surface area contributed by atoms with E-state index in [-0.39, 0.29) is 24.0 Å². The summed E-state index contributed by atoms with van der Waals surface area (Å²) in [4.78, 5) is 6.88. The number of guanidine groups is 1. The van der Waals surface area contributed by atoms with Crippen molar-refractivity contribution in [2.45, 2.75) is 19.3 Å². The number of thioether (sulfide) groups is 1. The Morgan fingerprint density at radius 3 is 2.67 bits per heavy atom. The van der Waals surface area contributed by atoms with Crippen LogP contribution in [0, 0.1) is 5.92 Å². The van der Waals surface area contributed by atoms with Crippen LogP contribution in [0.4, 0.5) is 0 Å². The molecule has 0 spiro atoms. The van der Waals surface area contributed by atoms with Gasteiger partial charge in [0.05, 0.1) is 0 Å². The van der Waals surface area contributed by atoms with Crippen LogP contribution in [0.2, 0.25) is 0 Å². The van der Waals surface area contributed by atoms with Crippen molar-refractivity contribution in [1.29, 1.82) is 0 Å².